The van der Waals surface area contributed by atoms with E-state index in [1.807, 2.05) is 45.2 Å². The number of aliphatic hydroxyl groups is 1. The Morgan fingerprint density at radius 2 is 1.56 bits per heavy atom. The minimum absolute atomic E-state index is 0. The molecule has 0 spiro atoms. The van der Waals surface area contributed by atoms with Crippen molar-refractivity contribution in [1.82, 2.24) is 4.98 Å². The Hall–Kier alpha value is -3.15. The van der Waals surface area contributed by atoms with Crippen LogP contribution < -0.4 is 5.19 Å². The fraction of sp³-hybridized carbons (Fsp3) is 0.364. The number of allylic oxidation sites excluding steroid dienone is 2. The molecule has 0 amide bonds. The van der Waals surface area contributed by atoms with E-state index in [-0.39, 0.29) is 48.9 Å². The molecule has 6 heteroatoms. The zero-order chi connectivity index (χ0) is 35.5. The number of aliphatic hydroxyl groups excluding tert-OH is 1. The van der Waals surface area contributed by atoms with Crippen LogP contribution in [0.5, 0.6) is 0 Å². The van der Waals surface area contributed by atoms with Crippen molar-refractivity contribution in [2.75, 3.05) is 0 Å². The summed E-state index contributed by atoms with van der Waals surface area (Å²) < 4.78 is 1.26. The quantitative estimate of drug-likeness (QED) is 0.0695. The number of benzene rings is 3. The summed E-state index contributed by atoms with van der Waals surface area (Å²) in [5.41, 5.74) is 4.90. The van der Waals surface area contributed by atoms with E-state index in [0.717, 1.165) is 42.3 Å². The first-order valence-corrected chi connectivity index (χ1v) is 21.8. The first kappa shape index (κ1) is 39.6. The second-order valence-electron chi connectivity index (χ2n) is 14.8. The molecule has 0 saturated heterocycles. The summed E-state index contributed by atoms with van der Waals surface area (Å²) in [6, 6.07) is 28.1. The third-order valence-electron chi connectivity index (χ3n) is 10.2. The average molecular weight is 879 g/mol. The van der Waals surface area contributed by atoms with Crippen molar-refractivity contribution in [1.29, 1.82) is 0 Å². The number of thiophene rings is 1. The summed E-state index contributed by atoms with van der Waals surface area (Å²) in [7, 11) is -1.72. The van der Waals surface area contributed by atoms with Gasteiger partial charge in [0.25, 0.3) is 0 Å². The number of carbonyl (C=O) groups is 1. The van der Waals surface area contributed by atoms with Gasteiger partial charge in [0.1, 0.15) is 8.07 Å². The van der Waals surface area contributed by atoms with E-state index in [0.29, 0.717) is 0 Å². The van der Waals surface area contributed by atoms with Gasteiger partial charge >= 0.3 is 0 Å². The second kappa shape index (κ2) is 16.5. The van der Waals surface area contributed by atoms with Crippen LogP contribution in [0, 0.1) is 17.9 Å². The molecule has 0 bridgehead atoms. The molecule has 0 saturated carbocycles. The van der Waals surface area contributed by atoms with Crippen LogP contribution in [0.4, 0.5) is 0 Å². The minimum atomic E-state index is -1.72. The van der Waals surface area contributed by atoms with Crippen LogP contribution in [-0.4, -0.2) is 23.9 Å². The predicted octanol–water partition coefficient (Wildman–Crippen LogP) is 12.1. The summed E-state index contributed by atoms with van der Waals surface area (Å²) >= 11 is 1.89. The summed E-state index contributed by atoms with van der Waals surface area (Å²) in [4.78, 5) is 18.0. The fourth-order valence-electron chi connectivity index (χ4n) is 7.10. The summed E-state index contributed by atoms with van der Waals surface area (Å²) in [6.07, 6.45) is 9.29. The number of rotatable bonds is 9. The van der Waals surface area contributed by atoms with Crippen LogP contribution in [0.1, 0.15) is 90.2 Å². The molecule has 0 unspecified atom stereocenters. The monoisotopic (exact) mass is 879 g/mol. The molecule has 0 aliphatic carbocycles. The van der Waals surface area contributed by atoms with Gasteiger partial charge in [0.05, 0.1) is 5.76 Å². The number of aromatic nitrogens is 1. The molecule has 3 heterocycles. The Morgan fingerprint density at radius 1 is 0.920 bits per heavy atom. The normalized spacial score (nSPS) is 14.0. The molecule has 1 N–H and O–H groups in total. The Kier molecular flexibility index (Phi) is 13.0. The maximum atomic E-state index is 11.7. The molecule has 0 atom stereocenters. The van der Waals surface area contributed by atoms with Gasteiger partial charge in [-0.05, 0) is 64.6 Å². The van der Waals surface area contributed by atoms with E-state index in [4.69, 9.17) is 4.98 Å². The summed E-state index contributed by atoms with van der Waals surface area (Å²) in [5.74, 6) is 0.547. The van der Waals surface area contributed by atoms with Crippen molar-refractivity contribution in [3.63, 3.8) is 0 Å². The first-order chi connectivity index (χ1) is 23.3. The molecule has 3 nitrogen and oxygen atoms in total. The molecule has 0 fully saturated rings. The third kappa shape index (κ3) is 8.15. The average Bonchev–Trinajstić information content (AvgIpc) is 3.63. The van der Waals surface area contributed by atoms with Gasteiger partial charge in [-0.1, -0.05) is 121 Å². The zero-order valence-corrected chi connectivity index (χ0v) is 35.3. The maximum absolute atomic E-state index is 11.7. The summed E-state index contributed by atoms with van der Waals surface area (Å²) in [6.45, 7) is 19.9. The van der Waals surface area contributed by atoms with Gasteiger partial charge in [-0.25, -0.2) is 0 Å². The number of pyridine rings is 1. The van der Waals surface area contributed by atoms with Crippen molar-refractivity contribution in [2.45, 2.75) is 92.7 Å². The fourth-order valence-corrected chi connectivity index (χ4v) is 12.0. The van der Waals surface area contributed by atoms with Gasteiger partial charge in [0, 0.05) is 59.5 Å². The molecule has 1 aliphatic heterocycles. The van der Waals surface area contributed by atoms with Crippen molar-refractivity contribution in [3.8, 4) is 11.3 Å². The van der Waals surface area contributed by atoms with E-state index >= 15 is 0 Å². The topological polar surface area (TPSA) is 50.2 Å². The SMILES string of the molecule is CC(C)(C)c1cc(-c2nccc3cc(C4=Cc5ccccc5[Si]4(C)C)sc23)[c-]c2ccccc12.CCC(CC)C(=O)/C=C(\O)C(CC)CC.[Ir]. The van der Waals surface area contributed by atoms with Crippen LogP contribution in [0.3, 0.4) is 0 Å². The molecule has 265 valence electrons. The molecule has 1 radical (unpaired) electrons. The van der Waals surface area contributed by atoms with Gasteiger partial charge in [-0.2, -0.15) is 0 Å². The number of hydrogen-bond acceptors (Lipinski definition) is 4. The number of hydrogen-bond donors (Lipinski definition) is 1. The van der Waals surface area contributed by atoms with E-state index in [1.165, 1.54) is 42.7 Å². The van der Waals surface area contributed by atoms with Crippen molar-refractivity contribution >= 4 is 62.5 Å². The molecule has 1 aliphatic rings. The van der Waals surface area contributed by atoms with Crippen LogP contribution in [-0.2, 0) is 30.3 Å². The molecule has 2 aromatic heterocycles. The zero-order valence-electron chi connectivity index (χ0n) is 31.1. The second-order valence-corrected chi connectivity index (χ2v) is 20.2. The van der Waals surface area contributed by atoms with Crippen molar-refractivity contribution in [3.05, 3.63) is 107 Å². The molecule has 5 aromatic rings. The van der Waals surface area contributed by atoms with Gasteiger partial charge in [-0.15, -0.1) is 40.5 Å². The maximum Gasteiger partial charge on any atom is 0.162 e. The van der Waals surface area contributed by atoms with E-state index in [2.05, 4.69) is 113 Å². The summed E-state index contributed by atoms with van der Waals surface area (Å²) in [5, 5.41) is 16.5. The molecular weight excluding hydrogens is 827 g/mol. The predicted molar refractivity (Wildman–Crippen MR) is 215 cm³/mol. The Labute approximate surface area is 318 Å². The van der Waals surface area contributed by atoms with Crippen molar-refractivity contribution < 1.29 is 30.0 Å². The largest absolute Gasteiger partial charge is 0.512 e. The Balaban J connectivity index is 0.000000301. The van der Waals surface area contributed by atoms with E-state index < -0.39 is 8.07 Å². The van der Waals surface area contributed by atoms with Crippen LogP contribution in [0.2, 0.25) is 13.1 Å². The third-order valence-corrected chi connectivity index (χ3v) is 15.2. The van der Waals surface area contributed by atoms with Gasteiger partial charge in [-0.3, -0.25) is 9.78 Å². The van der Waals surface area contributed by atoms with Crippen molar-refractivity contribution in [2.24, 2.45) is 11.8 Å². The Bertz CT molecular complexity index is 2030. The standard InChI is InChI=1S/C31H28NSSi.C13H24O2.Ir/c1-31(2,3)25-17-23(16-20-10-6-8-12-24(20)25)29-30-22(14-15-32-29)18-26(33-30)28-19-21-11-7-9-13-27(21)34(28,4)5;1-5-10(6-2)12(14)9-13(15)11(7-3)8-4;/h6-15,17-19H,1-5H3;9-11,14H,5-8H2,1-4H3;/q-1;;/b;12-9-;. The number of nitrogens with zero attached hydrogens (tertiary/aromatic N) is 1. The molecule has 6 rings (SSSR count). The van der Waals surface area contributed by atoms with Crippen LogP contribution >= 0.6 is 11.3 Å². The number of fused-ring (bicyclic) bond motifs is 3. The first-order valence-electron chi connectivity index (χ1n) is 17.9. The van der Waals surface area contributed by atoms with Gasteiger partial charge < -0.3 is 5.11 Å². The van der Waals surface area contributed by atoms with E-state index in [1.54, 1.807) is 5.19 Å². The minimum Gasteiger partial charge on any atom is -0.512 e. The molecule has 3 aromatic carbocycles. The van der Waals surface area contributed by atoms with Gasteiger partial charge in [0.15, 0.2) is 5.78 Å². The molecular formula is C44H52IrNO2SSi-. The van der Waals surface area contributed by atoms with E-state index in [9.17, 15) is 9.90 Å². The Morgan fingerprint density at radius 3 is 2.20 bits per heavy atom. The van der Waals surface area contributed by atoms with Gasteiger partial charge in [0.2, 0.25) is 0 Å². The molecule has 50 heavy (non-hydrogen) atoms. The smallest absolute Gasteiger partial charge is 0.162 e. The number of carbonyl (C=O) groups excluding carboxylic acids is 1. The van der Waals surface area contributed by atoms with Crippen LogP contribution in [0.25, 0.3) is 43.4 Å². The van der Waals surface area contributed by atoms with Crippen LogP contribution in [0.15, 0.2) is 84.8 Å². The number of ketones is 1.